The van der Waals surface area contributed by atoms with Gasteiger partial charge in [-0.05, 0) is 19.9 Å². The van der Waals surface area contributed by atoms with Gasteiger partial charge in [0.05, 0.1) is 24.8 Å². The highest BCUT2D eigenvalue weighted by molar-refractivity contribution is 7.99. The average molecular weight is 339 g/mol. The predicted molar refractivity (Wildman–Crippen MR) is 90.5 cm³/mol. The van der Waals surface area contributed by atoms with Gasteiger partial charge in [0, 0.05) is 16.9 Å². The fourth-order valence-electron chi connectivity index (χ4n) is 1.81. The molecule has 1 aromatic rings. The summed E-state index contributed by atoms with van der Waals surface area (Å²) in [5.41, 5.74) is 6.96. The summed E-state index contributed by atoms with van der Waals surface area (Å²) in [5.74, 6) is 0.732. The van der Waals surface area contributed by atoms with Gasteiger partial charge in [-0.3, -0.25) is 4.79 Å². The van der Waals surface area contributed by atoms with Crippen LogP contribution < -0.4 is 15.2 Å². The molecule has 7 heteroatoms. The van der Waals surface area contributed by atoms with E-state index >= 15 is 0 Å². The standard InChI is InChI=1S/C16H21NO5S/c1-9(2)16(19)22-6-7-23-15-12(20-4)8-11(10(3)18)13(17)14(15)21-5/h8H,1,6-7,17H2,2-5H3. The number of rotatable bonds is 8. The summed E-state index contributed by atoms with van der Waals surface area (Å²) in [7, 11) is 2.97. The number of thioether (sulfide) groups is 1. The second-order valence-electron chi connectivity index (χ2n) is 4.72. The number of benzene rings is 1. The van der Waals surface area contributed by atoms with Crippen molar-refractivity contribution in [1.29, 1.82) is 0 Å². The highest BCUT2D eigenvalue weighted by Crippen LogP contribution is 2.43. The minimum atomic E-state index is -0.434. The molecule has 1 aromatic carbocycles. The Morgan fingerprint density at radius 1 is 1.26 bits per heavy atom. The maximum absolute atomic E-state index is 11.6. The molecule has 0 saturated carbocycles. The van der Waals surface area contributed by atoms with Crippen molar-refractivity contribution in [2.75, 3.05) is 32.3 Å². The molecule has 0 unspecified atom stereocenters. The van der Waals surface area contributed by atoms with Crippen molar-refractivity contribution < 1.29 is 23.8 Å². The molecule has 0 fully saturated rings. The van der Waals surface area contributed by atoms with E-state index in [2.05, 4.69) is 6.58 Å². The van der Waals surface area contributed by atoms with Crippen LogP contribution in [0.4, 0.5) is 5.69 Å². The third kappa shape index (κ3) is 4.66. The van der Waals surface area contributed by atoms with E-state index in [9.17, 15) is 9.59 Å². The van der Waals surface area contributed by atoms with E-state index in [1.165, 1.54) is 32.9 Å². The highest BCUT2D eigenvalue weighted by atomic mass is 32.2. The lowest BCUT2D eigenvalue weighted by Crippen LogP contribution is -2.08. The van der Waals surface area contributed by atoms with Gasteiger partial charge in [-0.25, -0.2) is 4.79 Å². The number of esters is 1. The van der Waals surface area contributed by atoms with Gasteiger partial charge in [0.15, 0.2) is 11.5 Å². The van der Waals surface area contributed by atoms with E-state index in [1.54, 1.807) is 13.0 Å². The van der Waals surface area contributed by atoms with Gasteiger partial charge in [0.25, 0.3) is 0 Å². The lowest BCUT2D eigenvalue weighted by molar-refractivity contribution is -0.138. The van der Waals surface area contributed by atoms with E-state index in [-0.39, 0.29) is 18.1 Å². The Hall–Kier alpha value is -2.15. The molecule has 0 aromatic heterocycles. The molecular weight excluding hydrogens is 318 g/mol. The first-order valence-corrected chi connectivity index (χ1v) is 7.82. The van der Waals surface area contributed by atoms with E-state index in [0.717, 1.165) is 0 Å². The van der Waals surface area contributed by atoms with Crippen LogP contribution in [-0.4, -0.2) is 38.3 Å². The van der Waals surface area contributed by atoms with Crippen LogP contribution in [-0.2, 0) is 9.53 Å². The van der Waals surface area contributed by atoms with Gasteiger partial charge in [-0.1, -0.05) is 6.58 Å². The fourth-order valence-corrected chi connectivity index (χ4v) is 2.79. The molecule has 0 bridgehead atoms. The van der Waals surface area contributed by atoms with Gasteiger partial charge >= 0.3 is 5.97 Å². The van der Waals surface area contributed by atoms with Crippen molar-refractivity contribution in [2.24, 2.45) is 0 Å². The normalized spacial score (nSPS) is 10.1. The molecule has 0 atom stereocenters. The van der Waals surface area contributed by atoms with Crippen molar-refractivity contribution in [3.8, 4) is 11.5 Å². The quantitative estimate of drug-likeness (QED) is 0.194. The first-order chi connectivity index (χ1) is 10.8. The summed E-state index contributed by atoms with van der Waals surface area (Å²) in [5, 5.41) is 0. The zero-order valence-corrected chi connectivity index (χ0v) is 14.5. The Kier molecular flexibility index (Phi) is 6.96. The van der Waals surface area contributed by atoms with Crippen molar-refractivity contribution in [2.45, 2.75) is 18.7 Å². The van der Waals surface area contributed by atoms with Crippen LogP contribution in [0.1, 0.15) is 24.2 Å². The summed E-state index contributed by atoms with van der Waals surface area (Å²) in [4.78, 5) is 23.6. The van der Waals surface area contributed by atoms with Gasteiger partial charge in [0.2, 0.25) is 0 Å². The summed E-state index contributed by atoms with van der Waals surface area (Å²) in [6.07, 6.45) is 0. The second-order valence-corrected chi connectivity index (χ2v) is 5.83. The second kappa shape index (κ2) is 8.47. The molecule has 126 valence electrons. The number of nitrogens with two attached hydrogens (primary N) is 1. The summed E-state index contributed by atoms with van der Waals surface area (Å²) >= 11 is 1.36. The molecule has 2 N–H and O–H groups in total. The largest absolute Gasteiger partial charge is 0.495 e. The Labute approximate surface area is 140 Å². The van der Waals surface area contributed by atoms with Crippen LogP contribution >= 0.6 is 11.8 Å². The number of anilines is 1. The first kappa shape index (κ1) is 18.9. The fraction of sp³-hybridized carbons (Fsp3) is 0.375. The third-order valence-electron chi connectivity index (χ3n) is 2.95. The monoisotopic (exact) mass is 339 g/mol. The van der Waals surface area contributed by atoms with E-state index in [4.69, 9.17) is 19.9 Å². The number of carbonyl (C=O) groups excluding carboxylic acids is 2. The van der Waals surface area contributed by atoms with Gasteiger partial charge in [-0.15, -0.1) is 11.8 Å². The van der Waals surface area contributed by atoms with Gasteiger partial charge in [-0.2, -0.15) is 0 Å². The number of methoxy groups -OCH3 is 2. The molecule has 0 heterocycles. The van der Waals surface area contributed by atoms with E-state index < -0.39 is 5.97 Å². The molecule has 23 heavy (non-hydrogen) atoms. The minimum Gasteiger partial charge on any atom is -0.495 e. The SMILES string of the molecule is C=C(C)C(=O)OCCSc1c(OC)cc(C(C)=O)c(N)c1OC. The Balaban J connectivity index is 2.97. The Morgan fingerprint density at radius 3 is 2.39 bits per heavy atom. The van der Waals surface area contributed by atoms with Crippen LogP contribution in [0.25, 0.3) is 0 Å². The van der Waals surface area contributed by atoms with Crippen LogP contribution in [0.5, 0.6) is 11.5 Å². The predicted octanol–water partition coefficient (Wildman–Crippen LogP) is 2.70. The molecule has 0 amide bonds. The maximum Gasteiger partial charge on any atom is 0.333 e. The summed E-state index contributed by atoms with van der Waals surface area (Å²) < 4.78 is 15.7. The molecule has 0 aliphatic heterocycles. The Bertz CT molecular complexity index is 627. The number of hydrogen-bond donors (Lipinski definition) is 1. The number of hydrogen-bond acceptors (Lipinski definition) is 7. The first-order valence-electron chi connectivity index (χ1n) is 6.84. The number of ketones is 1. The van der Waals surface area contributed by atoms with Crippen molar-refractivity contribution >= 4 is 29.2 Å². The summed E-state index contributed by atoms with van der Waals surface area (Å²) in [6.45, 7) is 6.73. The molecule has 0 saturated heterocycles. The van der Waals surface area contributed by atoms with Crippen molar-refractivity contribution in [1.82, 2.24) is 0 Å². The zero-order valence-electron chi connectivity index (χ0n) is 13.7. The van der Waals surface area contributed by atoms with Gasteiger partial charge in [0.1, 0.15) is 12.4 Å². The molecule has 6 nitrogen and oxygen atoms in total. The number of ether oxygens (including phenoxy) is 3. The third-order valence-corrected chi connectivity index (χ3v) is 4.00. The molecule has 0 spiro atoms. The molecule has 1 rings (SSSR count). The van der Waals surface area contributed by atoms with Crippen LogP contribution in [0.2, 0.25) is 0 Å². The lowest BCUT2D eigenvalue weighted by Gasteiger charge is -2.17. The van der Waals surface area contributed by atoms with Gasteiger partial charge < -0.3 is 19.9 Å². The van der Waals surface area contributed by atoms with Crippen LogP contribution in [0.15, 0.2) is 23.1 Å². The zero-order chi connectivity index (χ0) is 17.6. The van der Waals surface area contributed by atoms with E-state index in [1.807, 2.05) is 0 Å². The molecular formula is C16H21NO5S. The summed E-state index contributed by atoms with van der Waals surface area (Å²) in [6, 6.07) is 1.59. The minimum absolute atomic E-state index is 0.175. The maximum atomic E-state index is 11.6. The highest BCUT2D eigenvalue weighted by Gasteiger charge is 2.20. The van der Waals surface area contributed by atoms with Crippen molar-refractivity contribution in [3.05, 3.63) is 23.8 Å². The number of Topliss-reactive ketones (excluding diaryl/α,β-unsaturated/α-hetero) is 1. The average Bonchev–Trinajstić information content (AvgIpc) is 2.50. The number of nitrogen functional groups attached to an aromatic ring is 1. The molecule has 0 aliphatic carbocycles. The topological polar surface area (TPSA) is 87.9 Å². The van der Waals surface area contributed by atoms with Crippen LogP contribution in [0, 0.1) is 0 Å². The smallest absolute Gasteiger partial charge is 0.333 e. The Morgan fingerprint density at radius 2 is 1.91 bits per heavy atom. The molecule has 0 radical (unpaired) electrons. The molecule has 0 aliphatic rings. The lowest BCUT2D eigenvalue weighted by atomic mass is 10.1. The van der Waals surface area contributed by atoms with E-state index in [0.29, 0.717) is 33.3 Å². The van der Waals surface area contributed by atoms with Crippen LogP contribution in [0.3, 0.4) is 0 Å². The van der Waals surface area contributed by atoms with Crippen molar-refractivity contribution in [3.63, 3.8) is 0 Å². The number of carbonyl (C=O) groups is 2.